The van der Waals surface area contributed by atoms with Gasteiger partial charge in [-0.1, -0.05) is 18.2 Å². The van der Waals surface area contributed by atoms with Gasteiger partial charge in [-0.2, -0.15) is 18.3 Å². The first-order chi connectivity index (χ1) is 22.1. The van der Waals surface area contributed by atoms with Gasteiger partial charge in [0.05, 0.1) is 50.2 Å². The van der Waals surface area contributed by atoms with Crippen molar-refractivity contribution < 1.29 is 36.2 Å². The number of rotatable bonds is 11. The minimum absolute atomic E-state index is 0.0304. The Morgan fingerprint density at radius 3 is 2.59 bits per heavy atom. The normalized spacial score (nSPS) is 16.8. The summed E-state index contributed by atoms with van der Waals surface area (Å²) in [7, 11) is 2.97. The summed E-state index contributed by atoms with van der Waals surface area (Å²) in [4.78, 5) is 10.1. The molecule has 15 heteroatoms. The number of pyridine rings is 1. The number of para-hydroxylation sites is 1. The van der Waals surface area contributed by atoms with Crippen molar-refractivity contribution in [1.82, 2.24) is 25.0 Å². The number of fused-ring (bicyclic) bond motifs is 2. The number of amidine groups is 1. The Balaban J connectivity index is 1.37. The van der Waals surface area contributed by atoms with Crippen LogP contribution >= 0.6 is 0 Å². The van der Waals surface area contributed by atoms with Crippen LogP contribution in [0, 0.1) is 11.6 Å². The minimum atomic E-state index is -4.38. The van der Waals surface area contributed by atoms with Crippen molar-refractivity contribution in [2.24, 2.45) is 4.99 Å². The molecule has 1 atom stereocenters. The molecule has 0 bridgehead atoms. The Bertz CT molecular complexity index is 1780. The fraction of sp³-hybridized carbons (Fsp3) is 0.323. The number of nitrogens with one attached hydrogen (secondary N) is 2. The molecular weight excluding hydrogens is 613 g/mol. The minimum Gasteiger partial charge on any atom is -0.493 e. The van der Waals surface area contributed by atoms with Crippen LogP contribution in [-0.4, -0.2) is 84.8 Å². The number of halogens is 5. The fourth-order valence-corrected chi connectivity index (χ4v) is 5.54. The Labute approximate surface area is 260 Å². The maximum atomic E-state index is 15.1. The highest BCUT2D eigenvalue weighted by molar-refractivity contribution is 6.09. The van der Waals surface area contributed by atoms with E-state index in [1.165, 1.54) is 30.0 Å². The van der Waals surface area contributed by atoms with Gasteiger partial charge >= 0.3 is 6.18 Å². The lowest BCUT2D eigenvalue weighted by atomic mass is 10.1. The first kappa shape index (κ1) is 31.2. The average molecular weight is 644 g/mol. The third-order valence-electron chi connectivity index (χ3n) is 7.62. The number of aromatic nitrogens is 3. The highest BCUT2D eigenvalue weighted by Crippen LogP contribution is 2.32. The summed E-state index contributed by atoms with van der Waals surface area (Å²) < 4.78 is 87.5. The molecule has 0 amide bonds. The van der Waals surface area contributed by atoms with Crippen LogP contribution in [0.3, 0.4) is 0 Å². The lowest BCUT2D eigenvalue weighted by Crippen LogP contribution is -2.42. The topological polar surface area (TPSA) is 98.1 Å². The van der Waals surface area contributed by atoms with Gasteiger partial charge in [0.1, 0.15) is 35.5 Å². The molecule has 1 fully saturated rings. The van der Waals surface area contributed by atoms with E-state index in [-0.39, 0.29) is 50.0 Å². The van der Waals surface area contributed by atoms with Gasteiger partial charge in [-0.25, -0.2) is 13.8 Å². The number of nitrogens with zero attached hydrogens (tertiary/aromatic N) is 5. The van der Waals surface area contributed by atoms with Crippen molar-refractivity contribution in [3.8, 4) is 11.5 Å². The molecule has 2 aliphatic heterocycles. The zero-order chi connectivity index (χ0) is 32.4. The zero-order valence-corrected chi connectivity index (χ0v) is 24.9. The summed E-state index contributed by atoms with van der Waals surface area (Å²) in [5.74, 6) is -0.525. The molecule has 0 aliphatic carbocycles. The number of likely N-dealkylation sites (tertiary alicyclic amines) is 1. The van der Waals surface area contributed by atoms with Crippen molar-refractivity contribution in [1.29, 1.82) is 0 Å². The van der Waals surface area contributed by atoms with E-state index >= 15 is 8.78 Å². The molecule has 4 aromatic rings. The van der Waals surface area contributed by atoms with Crippen LogP contribution in [0.25, 0.3) is 10.9 Å². The second-order valence-electron chi connectivity index (χ2n) is 10.7. The van der Waals surface area contributed by atoms with Gasteiger partial charge in [-0.3, -0.25) is 14.6 Å². The second kappa shape index (κ2) is 12.9. The molecule has 2 aromatic carbocycles. The van der Waals surface area contributed by atoms with E-state index < -0.39 is 30.4 Å². The first-order valence-corrected chi connectivity index (χ1v) is 14.3. The number of methoxy groups -OCH3 is 2. The van der Waals surface area contributed by atoms with Gasteiger partial charge < -0.3 is 24.8 Å². The third kappa shape index (κ3) is 6.60. The number of alkyl halides is 3. The van der Waals surface area contributed by atoms with Gasteiger partial charge in [0, 0.05) is 55.1 Å². The van der Waals surface area contributed by atoms with E-state index in [1.54, 1.807) is 36.5 Å². The highest BCUT2D eigenvalue weighted by atomic mass is 19.4. The van der Waals surface area contributed by atoms with E-state index in [0.29, 0.717) is 39.4 Å². The van der Waals surface area contributed by atoms with E-state index in [9.17, 15) is 13.2 Å². The summed E-state index contributed by atoms with van der Waals surface area (Å²) in [6, 6.07) is 10.5. The predicted molar refractivity (Wildman–Crippen MR) is 160 cm³/mol. The number of aliphatic imine (C=N–C) groups is 1. The van der Waals surface area contributed by atoms with Crippen molar-refractivity contribution >= 4 is 22.4 Å². The monoisotopic (exact) mass is 643 g/mol. The molecule has 46 heavy (non-hydrogen) atoms. The zero-order valence-electron chi connectivity index (χ0n) is 24.9. The number of hydrogen-bond donors (Lipinski definition) is 2. The molecular formula is C31H30F5N7O3. The van der Waals surface area contributed by atoms with Crippen LogP contribution in [0.1, 0.15) is 11.3 Å². The van der Waals surface area contributed by atoms with Gasteiger partial charge in [0.2, 0.25) is 0 Å². The number of ether oxygens (including phenoxy) is 3. The van der Waals surface area contributed by atoms with Gasteiger partial charge in [0.25, 0.3) is 0 Å². The van der Waals surface area contributed by atoms with Crippen LogP contribution < -0.4 is 20.1 Å². The quantitative estimate of drug-likeness (QED) is 0.179. The number of hydrogen-bond acceptors (Lipinski definition) is 9. The Hall–Kier alpha value is -4.76. The average Bonchev–Trinajstić information content (AvgIpc) is 3.59. The summed E-state index contributed by atoms with van der Waals surface area (Å²) in [5, 5.41) is 11.8. The third-order valence-corrected chi connectivity index (χ3v) is 7.62. The molecule has 2 aliphatic rings. The van der Waals surface area contributed by atoms with Crippen LogP contribution in [0.4, 0.5) is 27.6 Å². The molecule has 0 radical (unpaired) electrons. The molecule has 2 N–H and O–H groups in total. The molecule has 2 aromatic heterocycles. The summed E-state index contributed by atoms with van der Waals surface area (Å²) in [5.41, 5.74) is 1.88. The number of anilines is 1. The van der Waals surface area contributed by atoms with Crippen LogP contribution in [0.2, 0.25) is 0 Å². The summed E-state index contributed by atoms with van der Waals surface area (Å²) >= 11 is 0. The van der Waals surface area contributed by atoms with E-state index in [1.807, 2.05) is 0 Å². The standard InChI is InChI=1S/C31H30F5N7O3/c1-44-9-10-46-18-11-22(32)20(23(33)12-18)15-43-26-6-4-3-5-19(26)28(41-43)30-39-25-16-42(17-31(34,35)36)14-21(25)29(40-30)38-24-7-8-37-13-27(24)45-2/h3-8,11-13,25H,9-10,14-17H2,1-2H3,(H,37,38)(H,39,40). The fourth-order valence-electron chi connectivity index (χ4n) is 5.54. The molecule has 1 saturated heterocycles. The van der Waals surface area contributed by atoms with Crippen LogP contribution in [0.15, 0.2) is 71.2 Å². The lowest BCUT2D eigenvalue weighted by Gasteiger charge is -2.24. The molecule has 10 nitrogen and oxygen atoms in total. The molecule has 4 heterocycles. The van der Waals surface area contributed by atoms with Crippen molar-refractivity contribution in [2.45, 2.75) is 18.8 Å². The van der Waals surface area contributed by atoms with Gasteiger partial charge in [0.15, 0.2) is 11.6 Å². The Morgan fingerprint density at radius 2 is 1.85 bits per heavy atom. The smallest absolute Gasteiger partial charge is 0.401 e. The molecule has 242 valence electrons. The molecule has 0 spiro atoms. The van der Waals surface area contributed by atoms with Crippen molar-refractivity contribution in [2.75, 3.05) is 52.4 Å². The predicted octanol–water partition coefficient (Wildman–Crippen LogP) is 4.71. The van der Waals surface area contributed by atoms with Crippen molar-refractivity contribution in [3.05, 3.63) is 89.1 Å². The maximum Gasteiger partial charge on any atom is 0.401 e. The summed E-state index contributed by atoms with van der Waals surface area (Å²) in [6.45, 7) is -0.833. The van der Waals surface area contributed by atoms with Crippen LogP contribution in [-0.2, 0) is 11.3 Å². The summed E-state index contributed by atoms with van der Waals surface area (Å²) in [6.07, 6.45) is -1.32. The van der Waals surface area contributed by atoms with Gasteiger partial charge in [-0.15, -0.1) is 0 Å². The molecule has 6 rings (SSSR count). The van der Waals surface area contributed by atoms with E-state index in [2.05, 4.69) is 15.6 Å². The van der Waals surface area contributed by atoms with E-state index in [4.69, 9.17) is 24.3 Å². The highest BCUT2D eigenvalue weighted by Gasteiger charge is 2.40. The SMILES string of the molecule is COCCOc1cc(F)c(Cn2nc(C3=NC(Nc4ccncc4OC)=C4CN(CC(F)(F)F)CC4N3)c3ccccc32)c(F)c1. The van der Waals surface area contributed by atoms with Gasteiger partial charge in [-0.05, 0) is 12.1 Å². The lowest BCUT2D eigenvalue weighted by molar-refractivity contribution is -0.143. The second-order valence-corrected chi connectivity index (χ2v) is 10.7. The molecule has 0 saturated carbocycles. The van der Waals surface area contributed by atoms with Crippen LogP contribution in [0.5, 0.6) is 11.5 Å². The van der Waals surface area contributed by atoms with E-state index in [0.717, 1.165) is 12.1 Å². The maximum absolute atomic E-state index is 15.1. The molecule has 1 unspecified atom stereocenters. The Morgan fingerprint density at radius 1 is 1.07 bits per heavy atom. The first-order valence-electron chi connectivity index (χ1n) is 14.3. The Kier molecular flexibility index (Phi) is 8.77. The number of benzene rings is 2. The largest absolute Gasteiger partial charge is 0.493 e. The van der Waals surface area contributed by atoms with Crippen molar-refractivity contribution in [3.63, 3.8) is 0 Å².